The molecule has 0 bridgehead atoms. The number of carbonyl (C=O) groups excluding carboxylic acids is 1. The maximum atomic E-state index is 11.6. The average Bonchev–Trinajstić information content (AvgIpc) is 2.20. The van der Waals surface area contributed by atoms with Gasteiger partial charge >= 0.3 is 0 Å². The van der Waals surface area contributed by atoms with Crippen LogP contribution in [0, 0.1) is 18.3 Å². The Morgan fingerprint density at radius 2 is 2.29 bits per heavy atom. The van der Waals surface area contributed by atoms with Crippen molar-refractivity contribution < 1.29 is 9.53 Å². The van der Waals surface area contributed by atoms with E-state index in [1.165, 1.54) is 0 Å². The van der Waals surface area contributed by atoms with Crippen molar-refractivity contribution in [1.29, 1.82) is 5.26 Å². The molecule has 1 aliphatic rings. The Morgan fingerprint density at radius 3 is 3.00 bits per heavy atom. The van der Waals surface area contributed by atoms with Crippen LogP contribution < -0.4 is 4.74 Å². The maximum absolute atomic E-state index is 11.6. The van der Waals surface area contributed by atoms with Crippen LogP contribution >= 0.6 is 0 Å². The molecule has 0 atom stereocenters. The van der Waals surface area contributed by atoms with Crippen molar-refractivity contribution in [2.75, 3.05) is 6.61 Å². The van der Waals surface area contributed by atoms with Crippen molar-refractivity contribution in [2.45, 2.75) is 13.3 Å². The topological polar surface area (TPSA) is 50.1 Å². The maximum Gasteiger partial charge on any atom is 0.171 e. The molecule has 3 nitrogen and oxygen atoms in total. The van der Waals surface area contributed by atoms with E-state index in [0.29, 0.717) is 29.9 Å². The number of hydrogen-bond acceptors (Lipinski definition) is 3. The summed E-state index contributed by atoms with van der Waals surface area (Å²) in [6.45, 7) is 2.29. The fourth-order valence-corrected chi connectivity index (χ4v) is 1.61. The number of benzene rings is 1. The number of hydrogen-bond donors (Lipinski definition) is 0. The number of ether oxygens (including phenoxy) is 1. The fourth-order valence-electron chi connectivity index (χ4n) is 1.61. The molecule has 1 aromatic carbocycles. The van der Waals surface area contributed by atoms with Gasteiger partial charge < -0.3 is 4.74 Å². The Kier molecular flexibility index (Phi) is 1.97. The standard InChI is InChI=1S/C11H9NO2/c1-7-2-3-8(6-12)10-9(13)4-5-14-11(7)10/h2-3H,4-5H2,1H3. The molecule has 3 heteroatoms. The lowest BCUT2D eigenvalue weighted by molar-refractivity contribution is 0.0932. The summed E-state index contributed by atoms with van der Waals surface area (Å²) < 4.78 is 5.40. The van der Waals surface area contributed by atoms with Gasteiger partial charge in [-0.15, -0.1) is 0 Å². The van der Waals surface area contributed by atoms with Crippen molar-refractivity contribution in [3.8, 4) is 11.8 Å². The number of nitriles is 1. The van der Waals surface area contributed by atoms with E-state index in [1.54, 1.807) is 12.1 Å². The highest BCUT2D eigenvalue weighted by molar-refractivity contribution is 6.02. The molecule has 1 aromatic rings. The first-order valence-electron chi connectivity index (χ1n) is 4.43. The van der Waals surface area contributed by atoms with Gasteiger partial charge in [0.15, 0.2) is 5.78 Å². The Bertz CT molecular complexity index is 443. The molecule has 0 saturated heterocycles. The van der Waals surface area contributed by atoms with Gasteiger partial charge in [-0.25, -0.2) is 0 Å². The van der Waals surface area contributed by atoms with Crippen molar-refractivity contribution in [2.24, 2.45) is 0 Å². The zero-order valence-electron chi connectivity index (χ0n) is 7.83. The Balaban J connectivity index is 2.72. The summed E-state index contributed by atoms with van der Waals surface area (Å²) >= 11 is 0. The highest BCUT2D eigenvalue weighted by Gasteiger charge is 2.23. The first-order chi connectivity index (χ1) is 6.74. The molecule has 0 amide bonds. The van der Waals surface area contributed by atoms with Gasteiger partial charge in [-0.2, -0.15) is 5.26 Å². The Morgan fingerprint density at radius 1 is 1.50 bits per heavy atom. The number of carbonyl (C=O) groups is 1. The smallest absolute Gasteiger partial charge is 0.171 e. The van der Waals surface area contributed by atoms with Gasteiger partial charge in [0.1, 0.15) is 11.8 Å². The van der Waals surface area contributed by atoms with E-state index in [4.69, 9.17) is 10.00 Å². The molecule has 0 fully saturated rings. The van der Waals surface area contributed by atoms with E-state index in [2.05, 4.69) is 0 Å². The highest BCUT2D eigenvalue weighted by atomic mass is 16.5. The van der Waals surface area contributed by atoms with Crippen LogP contribution in [0.1, 0.15) is 27.9 Å². The van der Waals surface area contributed by atoms with Gasteiger partial charge in [-0.3, -0.25) is 4.79 Å². The largest absolute Gasteiger partial charge is 0.492 e. The van der Waals surface area contributed by atoms with E-state index in [9.17, 15) is 4.79 Å². The van der Waals surface area contributed by atoms with Crippen LogP contribution in [0.2, 0.25) is 0 Å². The normalized spacial score (nSPS) is 14.1. The number of rotatable bonds is 0. The van der Waals surface area contributed by atoms with Crippen LogP contribution in [0.15, 0.2) is 12.1 Å². The molecular weight excluding hydrogens is 178 g/mol. The molecule has 14 heavy (non-hydrogen) atoms. The quantitative estimate of drug-likeness (QED) is 0.622. The molecule has 0 spiro atoms. The predicted octanol–water partition coefficient (Wildman–Crippen LogP) is 1.83. The first-order valence-corrected chi connectivity index (χ1v) is 4.43. The molecule has 0 aliphatic carbocycles. The second-order valence-corrected chi connectivity index (χ2v) is 3.27. The van der Waals surface area contributed by atoms with Crippen molar-refractivity contribution >= 4 is 5.78 Å². The summed E-state index contributed by atoms with van der Waals surface area (Å²) in [5.41, 5.74) is 1.78. The fraction of sp³-hybridized carbons (Fsp3) is 0.273. The minimum atomic E-state index is 0.00602. The first kappa shape index (κ1) is 8.76. The van der Waals surface area contributed by atoms with Gasteiger partial charge in [0.05, 0.1) is 17.7 Å². The van der Waals surface area contributed by atoms with E-state index in [0.717, 1.165) is 5.56 Å². The summed E-state index contributed by atoms with van der Waals surface area (Å²) in [5.74, 6) is 0.590. The second kappa shape index (κ2) is 3.15. The monoisotopic (exact) mass is 187 g/mol. The van der Waals surface area contributed by atoms with E-state index < -0.39 is 0 Å². The molecule has 0 radical (unpaired) electrons. The Labute approximate surface area is 81.9 Å². The minimum Gasteiger partial charge on any atom is -0.492 e. The zero-order valence-corrected chi connectivity index (χ0v) is 7.83. The molecule has 1 heterocycles. The van der Waals surface area contributed by atoms with Crippen LogP contribution in [0.25, 0.3) is 0 Å². The molecule has 0 N–H and O–H groups in total. The molecule has 0 saturated carbocycles. The van der Waals surface area contributed by atoms with Crippen LogP contribution in [-0.4, -0.2) is 12.4 Å². The Hall–Kier alpha value is -1.82. The summed E-state index contributed by atoms with van der Waals surface area (Å²) in [7, 11) is 0. The number of nitrogens with zero attached hydrogens (tertiary/aromatic N) is 1. The summed E-state index contributed by atoms with van der Waals surface area (Å²) in [6, 6.07) is 5.48. The number of aryl methyl sites for hydroxylation is 1. The lowest BCUT2D eigenvalue weighted by Crippen LogP contribution is -2.17. The van der Waals surface area contributed by atoms with Crippen LogP contribution in [0.3, 0.4) is 0 Å². The van der Waals surface area contributed by atoms with Gasteiger partial charge in [-0.05, 0) is 18.6 Å². The van der Waals surface area contributed by atoms with Gasteiger partial charge in [0.25, 0.3) is 0 Å². The van der Waals surface area contributed by atoms with Gasteiger partial charge in [0, 0.05) is 6.42 Å². The predicted molar refractivity (Wildman–Crippen MR) is 50.3 cm³/mol. The van der Waals surface area contributed by atoms with Gasteiger partial charge in [0.2, 0.25) is 0 Å². The number of Topliss-reactive ketones (excluding diaryl/α,β-unsaturated/α-hetero) is 1. The van der Waals surface area contributed by atoms with Crippen molar-refractivity contribution in [3.05, 3.63) is 28.8 Å². The molecule has 70 valence electrons. The van der Waals surface area contributed by atoms with Crippen molar-refractivity contribution in [1.82, 2.24) is 0 Å². The number of ketones is 1. The highest BCUT2D eigenvalue weighted by Crippen LogP contribution is 2.30. The second-order valence-electron chi connectivity index (χ2n) is 3.27. The summed E-state index contributed by atoms with van der Waals surface area (Å²) in [4.78, 5) is 11.6. The average molecular weight is 187 g/mol. The van der Waals surface area contributed by atoms with Crippen LogP contribution in [-0.2, 0) is 0 Å². The van der Waals surface area contributed by atoms with Crippen LogP contribution in [0.4, 0.5) is 0 Å². The lowest BCUT2D eigenvalue weighted by atomic mass is 9.97. The lowest BCUT2D eigenvalue weighted by Gasteiger charge is -2.18. The third-order valence-corrected chi connectivity index (χ3v) is 2.33. The zero-order chi connectivity index (χ0) is 10.1. The third kappa shape index (κ3) is 1.16. The molecule has 1 aliphatic heterocycles. The third-order valence-electron chi connectivity index (χ3n) is 2.33. The molecule has 0 unspecified atom stereocenters. The van der Waals surface area contributed by atoms with E-state index in [-0.39, 0.29) is 5.78 Å². The molecular formula is C11H9NO2. The molecule has 2 rings (SSSR count). The van der Waals surface area contributed by atoms with Crippen molar-refractivity contribution in [3.63, 3.8) is 0 Å². The summed E-state index contributed by atoms with van der Waals surface area (Å²) in [6.07, 6.45) is 0.366. The minimum absolute atomic E-state index is 0.00602. The summed E-state index contributed by atoms with van der Waals surface area (Å²) in [5, 5.41) is 8.84. The SMILES string of the molecule is Cc1ccc(C#N)c2c1OCCC2=O. The van der Waals surface area contributed by atoms with Crippen LogP contribution in [0.5, 0.6) is 5.75 Å². The van der Waals surface area contributed by atoms with Gasteiger partial charge in [-0.1, -0.05) is 6.07 Å². The van der Waals surface area contributed by atoms with E-state index >= 15 is 0 Å². The molecule has 0 aromatic heterocycles. The number of fused-ring (bicyclic) bond motifs is 1. The van der Waals surface area contributed by atoms with E-state index in [1.807, 2.05) is 13.0 Å².